The van der Waals surface area contributed by atoms with E-state index in [1.54, 1.807) is 12.1 Å². The predicted octanol–water partition coefficient (Wildman–Crippen LogP) is 1.42. The summed E-state index contributed by atoms with van der Waals surface area (Å²) in [5.74, 6) is -0.0722. The lowest BCUT2D eigenvalue weighted by atomic mass is 9.71. The van der Waals surface area contributed by atoms with Crippen LogP contribution in [0.25, 0.3) is 0 Å². The normalized spacial score (nSPS) is 26.1. The summed E-state index contributed by atoms with van der Waals surface area (Å²) in [6.45, 7) is 4.76. The molecule has 150 valence electrons. The number of β-amino-alcohol motifs (C(OH)–C–C–N with tert-alkyl or cyclic N) is 1. The van der Waals surface area contributed by atoms with Gasteiger partial charge < -0.3 is 14.7 Å². The summed E-state index contributed by atoms with van der Waals surface area (Å²) in [6.07, 6.45) is 5.87. The van der Waals surface area contributed by atoms with Gasteiger partial charge in [0.1, 0.15) is 11.8 Å². The van der Waals surface area contributed by atoms with Crippen molar-refractivity contribution in [3.05, 3.63) is 29.6 Å². The Kier molecular flexibility index (Phi) is 5.63. The van der Waals surface area contributed by atoms with Crippen molar-refractivity contribution in [1.29, 1.82) is 5.26 Å². The highest BCUT2D eigenvalue weighted by Crippen LogP contribution is 2.41. The van der Waals surface area contributed by atoms with Gasteiger partial charge in [0.15, 0.2) is 0 Å². The Morgan fingerprint density at radius 3 is 2.68 bits per heavy atom. The van der Waals surface area contributed by atoms with Crippen molar-refractivity contribution in [3.8, 4) is 6.07 Å². The number of rotatable bonds is 2. The maximum Gasteiger partial charge on any atom is 0.272 e. The van der Waals surface area contributed by atoms with Crippen molar-refractivity contribution >= 4 is 5.91 Å². The van der Waals surface area contributed by atoms with Crippen LogP contribution >= 0.6 is 0 Å². The average Bonchev–Trinajstić information content (AvgIpc) is 2.74. The molecule has 1 unspecified atom stereocenters. The number of nitrogens with zero attached hydrogens (tertiary/aromatic N) is 4. The number of hydrogen-bond acceptors (Lipinski definition) is 6. The van der Waals surface area contributed by atoms with E-state index in [4.69, 9.17) is 10.00 Å². The number of aliphatic hydroxyl groups is 1. The van der Waals surface area contributed by atoms with Gasteiger partial charge in [-0.2, -0.15) is 5.26 Å². The number of pyridine rings is 1. The first-order chi connectivity index (χ1) is 13.6. The molecule has 4 rings (SSSR count). The van der Waals surface area contributed by atoms with Gasteiger partial charge in [-0.05, 0) is 49.7 Å². The fourth-order valence-corrected chi connectivity index (χ4v) is 5.02. The Morgan fingerprint density at radius 1 is 1.29 bits per heavy atom. The van der Waals surface area contributed by atoms with E-state index in [1.807, 2.05) is 11.0 Å². The molecule has 0 radical (unpaired) electrons. The summed E-state index contributed by atoms with van der Waals surface area (Å²) < 4.78 is 5.49. The molecule has 1 amide bonds. The molecule has 1 aromatic heterocycles. The van der Waals surface area contributed by atoms with Crippen molar-refractivity contribution in [1.82, 2.24) is 14.8 Å². The fourth-order valence-electron chi connectivity index (χ4n) is 5.02. The van der Waals surface area contributed by atoms with Crippen molar-refractivity contribution in [3.63, 3.8) is 0 Å². The standard InChI is InChI=1S/C21H28N4O3/c22-12-16-1-2-19(23-13-16)20(27)24-7-5-21(6-8-24)11-18(26)14-25(15-21)17-3-9-28-10-4-17/h1-2,13,17-18,26H,3-11,14-15H2. The molecular weight excluding hydrogens is 356 g/mol. The molecule has 0 aromatic carbocycles. The van der Waals surface area contributed by atoms with E-state index in [-0.39, 0.29) is 17.4 Å². The first-order valence-corrected chi connectivity index (χ1v) is 10.2. The third-order valence-electron chi connectivity index (χ3n) is 6.58. The summed E-state index contributed by atoms with van der Waals surface area (Å²) in [5, 5.41) is 19.4. The number of carbonyl (C=O) groups is 1. The van der Waals surface area contributed by atoms with Crippen LogP contribution in [0.5, 0.6) is 0 Å². The molecule has 3 fully saturated rings. The van der Waals surface area contributed by atoms with Crippen LogP contribution in [-0.4, -0.2) is 77.3 Å². The topological polar surface area (TPSA) is 89.7 Å². The fraction of sp³-hybridized carbons (Fsp3) is 0.667. The van der Waals surface area contributed by atoms with Gasteiger partial charge in [0, 0.05) is 51.6 Å². The molecule has 3 aliphatic heterocycles. The van der Waals surface area contributed by atoms with Crippen LogP contribution in [-0.2, 0) is 4.74 Å². The Bertz CT molecular complexity index is 731. The van der Waals surface area contributed by atoms with Crippen molar-refractivity contribution in [2.45, 2.75) is 44.2 Å². The largest absolute Gasteiger partial charge is 0.392 e. The summed E-state index contributed by atoms with van der Waals surface area (Å²) in [6, 6.07) is 5.79. The van der Waals surface area contributed by atoms with E-state index >= 15 is 0 Å². The lowest BCUT2D eigenvalue weighted by Gasteiger charge is -2.51. The van der Waals surface area contributed by atoms with Crippen LogP contribution < -0.4 is 0 Å². The first kappa shape index (κ1) is 19.3. The molecule has 4 heterocycles. The van der Waals surface area contributed by atoms with Crippen LogP contribution in [0.4, 0.5) is 0 Å². The molecule has 0 saturated carbocycles. The number of piperidine rings is 2. The number of aromatic nitrogens is 1. The monoisotopic (exact) mass is 384 g/mol. The summed E-state index contributed by atoms with van der Waals surface area (Å²) >= 11 is 0. The molecule has 0 aliphatic carbocycles. The number of nitriles is 1. The van der Waals surface area contributed by atoms with Crippen LogP contribution in [0.3, 0.4) is 0 Å². The van der Waals surface area contributed by atoms with Gasteiger partial charge in [0.05, 0.1) is 11.7 Å². The van der Waals surface area contributed by atoms with Gasteiger partial charge in [0.25, 0.3) is 5.91 Å². The summed E-state index contributed by atoms with van der Waals surface area (Å²) in [7, 11) is 0. The zero-order valence-corrected chi connectivity index (χ0v) is 16.2. The van der Waals surface area contributed by atoms with Crippen LogP contribution in [0.15, 0.2) is 18.3 Å². The number of aliphatic hydroxyl groups excluding tert-OH is 1. The number of ether oxygens (including phenoxy) is 1. The predicted molar refractivity (Wildman–Crippen MR) is 103 cm³/mol. The Balaban J connectivity index is 1.39. The van der Waals surface area contributed by atoms with Gasteiger partial charge in [0.2, 0.25) is 0 Å². The van der Waals surface area contributed by atoms with Gasteiger partial charge in [-0.1, -0.05) is 0 Å². The third-order valence-corrected chi connectivity index (χ3v) is 6.58. The van der Waals surface area contributed by atoms with Crippen LogP contribution in [0.1, 0.15) is 48.2 Å². The van der Waals surface area contributed by atoms with Crippen LogP contribution in [0.2, 0.25) is 0 Å². The second-order valence-electron chi connectivity index (χ2n) is 8.47. The second-order valence-corrected chi connectivity index (χ2v) is 8.47. The van der Waals surface area contributed by atoms with E-state index in [0.717, 1.165) is 58.4 Å². The van der Waals surface area contributed by atoms with E-state index in [1.165, 1.54) is 6.20 Å². The van der Waals surface area contributed by atoms with Crippen molar-refractivity contribution in [2.24, 2.45) is 5.41 Å². The number of hydrogen-bond donors (Lipinski definition) is 1. The first-order valence-electron chi connectivity index (χ1n) is 10.2. The zero-order valence-electron chi connectivity index (χ0n) is 16.2. The maximum absolute atomic E-state index is 12.8. The molecule has 3 saturated heterocycles. The molecular formula is C21H28N4O3. The molecule has 7 nitrogen and oxygen atoms in total. The molecule has 28 heavy (non-hydrogen) atoms. The minimum atomic E-state index is -0.293. The molecule has 3 aliphatic rings. The van der Waals surface area contributed by atoms with E-state index < -0.39 is 0 Å². The third kappa shape index (κ3) is 4.04. The highest BCUT2D eigenvalue weighted by molar-refractivity contribution is 5.92. The lowest BCUT2D eigenvalue weighted by molar-refractivity contribution is -0.0695. The number of amides is 1. The second kappa shape index (κ2) is 8.16. The van der Waals surface area contributed by atoms with Gasteiger partial charge in [-0.25, -0.2) is 4.98 Å². The molecule has 7 heteroatoms. The minimum Gasteiger partial charge on any atom is -0.392 e. The van der Waals surface area contributed by atoms with E-state index in [0.29, 0.717) is 30.4 Å². The van der Waals surface area contributed by atoms with E-state index in [9.17, 15) is 9.90 Å². The molecule has 1 spiro atoms. The Morgan fingerprint density at radius 2 is 2.04 bits per heavy atom. The smallest absolute Gasteiger partial charge is 0.272 e. The van der Waals surface area contributed by atoms with Crippen molar-refractivity contribution < 1.29 is 14.6 Å². The van der Waals surface area contributed by atoms with E-state index in [2.05, 4.69) is 9.88 Å². The van der Waals surface area contributed by atoms with Gasteiger partial charge in [-0.15, -0.1) is 0 Å². The molecule has 1 N–H and O–H groups in total. The minimum absolute atomic E-state index is 0.0722. The molecule has 0 bridgehead atoms. The van der Waals surface area contributed by atoms with Gasteiger partial charge >= 0.3 is 0 Å². The maximum atomic E-state index is 12.8. The van der Waals surface area contributed by atoms with Gasteiger partial charge in [-0.3, -0.25) is 9.69 Å². The number of carbonyl (C=O) groups excluding carboxylic acids is 1. The lowest BCUT2D eigenvalue weighted by Crippen LogP contribution is -2.57. The SMILES string of the molecule is N#Cc1ccc(C(=O)N2CCC3(CC2)CC(O)CN(C2CCOCC2)C3)nc1. The molecule has 1 aromatic rings. The molecule has 1 atom stereocenters. The quantitative estimate of drug-likeness (QED) is 0.830. The highest BCUT2D eigenvalue weighted by Gasteiger charge is 2.44. The summed E-state index contributed by atoms with van der Waals surface area (Å²) in [5.41, 5.74) is 0.936. The van der Waals surface area contributed by atoms with Crippen molar-refractivity contribution in [2.75, 3.05) is 39.4 Å². The zero-order chi connectivity index (χ0) is 19.6. The average molecular weight is 384 g/mol. The Hall–Kier alpha value is -2.01. The van der Waals surface area contributed by atoms with Crippen LogP contribution in [0, 0.1) is 16.7 Å². The number of likely N-dealkylation sites (tertiary alicyclic amines) is 2. The summed E-state index contributed by atoms with van der Waals surface area (Å²) in [4.78, 5) is 21.2. The highest BCUT2D eigenvalue weighted by atomic mass is 16.5. The Labute approximate surface area is 165 Å².